The normalized spacial score (nSPS) is 15.9. The van der Waals surface area contributed by atoms with Crippen molar-refractivity contribution in [3.63, 3.8) is 0 Å². The second-order valence-electron chi connectivity index (χ2n) is 7.08. The van der Waals surface area contributed by atoms with Crippen LogP contribution < -0.4 is 10.6 Å². The number of unbranched alkanes of at least 4 members (excludes halogenated alkanes) is 1. The quantitative estimate of drug-likeness (QED) is 0.182. The van der Waals surface area contributed by atoms with E-state index in [4.69, 9.17) is 4.74 Å². The highest BCUT2D eigenvalue weighted by Crippen LogP contribution is 2.19. The van der Waals surface area contributed by atoms with Crippen molar-refractivity contribution in [3.05, 3.63) is 11.6 Å². The highest BCUT2D eigenvalue weighted by molar-refractivity contribution is 14.0. The molecule has 2 N–H and O–H groups in total. The van der Waals surface area contributed by atoms with E-state index >= 15 is 0 Å². The fraction of sp³-hybridized carbons (Fsp3) is 0.842. The fourth-order valence-corrected chi connectivity index (χ4v) is 3.10. The molecule has 1 aromatic heterocycles. The minimum atomic E-state index is 0. The molecule has 1 saturated carbocycles. The van der Waals surface area contributed by atoms with Crippen molar-refractivity contribution in [1.29, 1.82) is 0 Å². The summed E-state index contributed by atoms with van der Waals surface area (Å²) >= 11 is 0. The Balaban J connectivity index is 0.00000364. The molecule has 0 radical (unpaired) electrons. The summed E-state index contributed by atoms with van der Waals surface area (Å²) in [6.07, 6.45) is 10.5. The van der Waals surface area contributed by atoms with Gasteiger partial charge in [-0.05, 0) is 26.2 Å². The van der Waals surface area contributed by atoms with Gasteiger partial charge in [0.15, 0.2) is 11.8 Å². The van der Waals surface area contributed by atoms with Crippen LogP contribution in [-0.4, -0.2) is 46.5 Å². The Labute approximate surface area is 181 Å². The molecular weight excluding hydrogens is 455 g/mol. The lowest BCUT2D eigenvalue weighted by Crippen LogP contribution is -2.40. The molecule has 0 atom stereocenters. The van der Waals surface area contributed by atoms with Crippen LogP contribution in [0.4, 0.5) is 0 Å². The highest BCUT2D eigenvalue weighted by atomic mass is 127. The topological polar surface area (TPSA) is 76.4 Å². The van der Waals surface area contributed by atoms with E-state index in [1.807, 2.05) is 18.5 Å². The molecule has 0 aliphatic heterocycles. The minimum Gasteiger partial charge on any atom is -0.376 e. The summed E-state index contributed by atoms with van der Waals surface area (Å²) in [6, 6.07) is 0. The summed E-state index contributed by atoms with van der Waals surface area (Å²) in [5.74, 6) is 2.60. The van der Waals surface area contributed by atoms with Gasteiger partial charge >= 0.3 is 0 Å². The molecule has 156 valence electrons. The van der Waals surface area contributed by atoms with Gasteiger partial charge in [0.1, 0.15) is 12.4 Å². The molecule has 0 unspecified atom stereocenters. The molecule has 1 aliphatic carbocycles. The van der Waals surface area contributed by atoms with Crippen molar-refractivity contribution < 1.29 is 4.74 Å². The number of aromatic nitrogens is 3. The van der Waals surface area contributed by atoms with Gasteiger partial charge in [-0.3, -0.25) is 0 Å². The fourth-order valence-electron chi connectivity index (χ4n) is 3.10. The minimum absolute atomic E-state index is 0. The maximum Gasteiger partial charge on any atom is 0.191 e. The Hall–Kier alpha value is -0.900. The first-order chi connectivity index (χ1) is 12.7. The first-order valence-corrected chi connectivity index (χ1v) is 10.2. The van der Waals surface area contributed by atoms with E-state index in [9.17, 15) is 0 Å². The second kappa shape index (κ2) is 14.1. The van der Waals surface area contributed by atoms with Gasteiger partial charge in [0.2, 0.25) is 0 Å². The number of aryl methyl sites for hydroxylation is 1. The zero-order chi connectivity index (χ0) is 18.6. The molecule has 7 nitrogen and oxygen atoms in total. The van der Waals surface area contributed by atoms with Crippen molar-refractivity contribution in [2.75, 3.05) is 19.7 Å². The maximum absolute atomic E-state index is 6.05. The van der Waals surface area contributed by atoms with Crippen LogP contribution in [0.25, 0.3) is 0 Å². The number of nitrogens with zero attached hydrogens (tertiary/aromatic N) is 4. The number of hydrogen-bond acceptors (Lipinski definition) is 4. The van der Waals surface area contributed by atoms with Crippen LogP contribution in [0.3, 0.4) is 0 Å². The van der Waals surface area contributed by atoms with Gasteiger partial charge < -0.3 is 19.9 Å². The number of halogens is 1. The number of nitrogens with one attached hydrogen (secondary N) is 2. The van der Waals surface area contributed by atoms with Gasteiger partial charge in [0, 0.05) is 20.1 Å². The van der Waals surface area contributed by atoms with E-state index in [2.05, 4.69) is 32.7 Å². The van der Waals surface area contributed by atoms with Gasteiger partial charge in [0.05, 0.1) is 12.7 Å². The molecule has 8 heteroatoms. The van der Waals surface area contributed by atoms with Crippen LogP contribution in [0.2, 0.25) is 0 Å². The lowest BCUT2D eigenvalue weighted by atomic mass is 10.1. The maximum atomic E-state index is 6.05. The number of guanidine groups is 1. The second-order valence-corrected chi connectivity index (χ2v) is 7.08. The summed E-state index contributed by atoms with van der Waals surface area (Å²) in [7, 11) is 1.97. The summed E-state index contributed by atoms with van der Waals surface area (Å²) < 4.78 is 8.03. The number of aliphatic imine (C=N–C) groups is 1. The molecule has 0 aromatic carbocycles. The Morgan fingerprint density at radius 1 is 1.15 bits per heavy atom. The van der Waals surface area contributed by atoms with Crippen molar-refractivity contribution in [2.45, 2.75) is 77.9 Å². The molecular formula is C19H37IN6O. The molecule has 1 heterocycles. The van der Waals surface area contributed by atoms with Crippen LogP contribution >= 0.6 is 24.0 Å². The van der Waals surface area contributed by atoms with E-state index in [0.29, 0.717) is 12.6 Å². The van der Waals surface area contributed by atoms with E-state index in [-0.39, 0.29) is 24.0 Å². The Morgan fingerprint density at radius 2 is 1.85 bits per heavy atom. The van der Waals surface area contributed by atoms with Crippen LogP contribution in [0, 0.1) is 6.92 Å². The predicted octanol–water partition coefficient (Wildman–Crippen LogP) is 3.32. The molecule has 0 amide bonds. The third kappa shape index (κ3) is 9.23. The first kappa shape index (κ1) is 24.1. The zero-order valence-corrected chi connectivity index (χ0v) is 19.5. The first-order valence-electron chi connectivity index (χ1n) is 10.2. The van der Waals surface area contributed by atoms with Gasteiger partial charge in [-0.1, -0.05) is 39.0 Å². The summed E-state index contributed by atoms with van der Waals surface area (Å²) in [4.78, 5) is 4.65. The van der Waals surface area contributed by atoms with Crippen LogP contribution in [-0.2, 0) is 18.3 Å². The van der Waals surface area contributed by atoms with Crippen LogP contribution in [0.1, 0.15) is 69.9 Å². The lowest BCUT2D eigenvalue weighted by molar-refractivity contribution is 0.0468. The summed E-state index contributed by atoms with van der Waals surface area (Å²) in [6.45, 7) is 7.07. The molecule has 0 spiro atoms. The molecule has 2 rings (SSSR count). The third-order valence-electron chi connectivity index (χ3n) is 4.93. The molecule has 1 aliphatic rings. The van der Waals surface area contributed by atoms with E-state index in [1.165, 1.54) is 38.5 Å². The van der Waals surface area contributed by atoms with E-state index in [0.717, 1.165) is 50.1 Å². The average Bonchev–Trinajstić information content (AvgIpc) is 2.83. The average molecular weight is 492 g/mol. The SMILES string of the molecule is CCCCNC(=NCc1nnc(C)n1C)NCCOC1CCCCCC1.I. The van der Waals surface area contributed by atoms with Crippen molar-refractivity contribution >= 4 is 29.9 Å². The number of ether oxygens (including phenoxy) is 1. The van der Waals surface area contributed by atoms with Crippen molar-refractivity contribution in [2.24, 2.45) is 12.0 Å². The van der Waals surface area contributed by atoms with Crippen LogP contribution in [0.15, 0.2) is 4.99 Å². The smallest absolute Gasteiger partial charge is 0.191 e. The lowest BCUT2D eigenvalue weighted by Gasteiger charge is -2.17. The number of hydrogen-bond donors (Lipinski definition) is 2. The molecule has 0 saturated heterocycles. The van der Waals surface area contributed by atoms with Gasteiger partial charge in [-0.15, -0.1) is 34.2 Å². The molecule has 1 fully saturated rings. The van der Waals surface area contributed by atoms with Crippen molar-refractivity contribution in [1.82, 2.24) is 25.4 Å². The monoisotopic (exact) mass is 492 g/mol. The molecule has 27 heavy (non-hydrogen) atoms. The zero-order valence-electron chi connectivity index (χ0n) is 17.2. The Morgan fingerprint density at radius 3 is 2.48 bits per heavy atom. The number of rotatable bonds is 9. The largest absolute Gasteiger partial charge is 0.376 e. The van der Waals surface area contributed by atoms with Gasteiger partial charge in [-0.25, -0.2) is 4.99 Å². The Bertz CT molecular complexity index is 540. The van der Waals surface area contributed by atoms with E-state index in [1.54, 1.807) is 0 Å². The summed E-state index contributed by atoms with van der Waals surface area (Å²) in [5.41, 5.74) is 0. The van der Waals surface area contributed by atoms with E-state index < -0.39 is 0 Å². The third-order valence-corrected chi connectivity index (χ3v) is 4.93. The Kier molecular flexibility index (Phi) is 12.6. The molecule has 1 aromatic rings. The van der Waals surface area contributed by atoms with Crippen molar-refractivity contribution in [3.8, 4) is 0 Å². The van der Waals surface area contributed by atoms with Gasteiger partial charge in [0.25, 0.3) is 0 Å². The van der Waals surface area contributed by atoms with Crippen LogP contribution in [0.5, 0.6) is 0 Å². The summed E-state index contributed by atoms with van der Waals surface area (Å²) in [5, 5.41) is 15.0. The molecule has 0 bridgehead atoms. The van der Waals surface area contributed by atoms with Gasteiger partial charge in [-0.2, -0.15) is 0 Å². The highest BCUT2D eigenvalue weighted by Gasteiger charge is 2.12. The predicted molar refractivity (Wildman–Crippen MR) is 121 cm³/mol. The standard InChI is InChI=1S/C19H36N6O.HI/c1-4-5-12-20-19(22-15-18-24-23-16(2)25(18)3)21-13-14-26-17-10-8-6-7-9-11-17;/h17H,4-15H2,1-3H3,(H2,20,21,22);1H.